The van der Waals surface area contributed by atoms with Crippen molar-refractivity contribution in [2.75, 3.05) is 13.1 Å². The van der Waals surface area contributed by atoms with Gasteiger partial charge >= 0.3 is 0 Å². The maximum absolute atomic E-state index is 12.8. The molecule has 0 aliphatic carbocycles. The molecule has 0 radical (unpaired) electrons. The average Bonchev–Trinajstić information content (AvgIpc) is 3.32. The lowest BCUT2D eigenvalue weighted by Gasteiger charge is -2.26. The molecule has 0 atom stereocenters. The molecule has 1 aliphatic rings. The Hall–Kier alpha value is -3.34. The monoisotopic (exact) mass is 342 g/mol. The Morgan fingerprint density at radius 3 is 2.85 bits per heavy atom. The fourth-order valence-electron chi connectivity index (χ4n) is 3.66. The number of nitrogens with one attached hydrogen (secondary N) is 2. The van der Waals surface area contributed by atoms with Gasteiger partial charge in [-0.3, -0.25) is 9.78 Å². The van der Waals surface area contributed by atoms with Crippen LogP contribution in [-0.4, -0.2) is 38.8 Å². The Kier molecular flexibility index (Phi) is 3.38. The van der Waals surface area contributed by atoms with Crippen molar-refractivity contribution in [1.29, 1.82) is 0 Å². The SMILES string of the molecule is O=C(c1cc2ccccc2[nH]1)N1CC=C(c2c[nH]c3cccnc23)CC1. The van der Waals surface area contributed by atoms with E-state index in [1.165, 1.54) is 5.57 Å². The zero-order valence-electron chi connectivity index (χ0n) is 14.2. The second-order valence-electron chi connectivity index (χ2n) is 6.60. The number of rotatable bonds is 2. The minimum Gasteiger partial charge on any atom is -0.359 e. The molecule has 3 aromatic heterocycles. The fourth-order valence-corrected chi connectivity index (χ4v) is 3.66. The first kappa shape index (κ1) is 15.0. The first-order chi connectivity index (χ1) is 12.8. The van der Waals surface area contributed by atoms with Gasteiger partial charge in [0.25, 0.3) is 5.91 Å². The summed E-state index contributed by atoms with van der Waals surface area (Å²) < 4.78 is 0. The molecule has 0 fully saturated rings. The van der Waals surface area contributed by atoms with E-state index in [0.717, 1.165) is 33.9 Å². The van der Waals surface area contributed by atoms with Crippen LogP contribution in [0.25, 0.3) is 27.5 Å². The van der Waals surface area contributed by atoms with E-state index < -0.39 is 0 Å². The Morgan fingerprint density at radius 1 is 1.12 bits per heavy atom. The van der Waals surface area contributed by atoms with Crippen molar-refractivity contribution in [3.63, 3.8) is 0 Å². The van der Waals surface area contributed by atoms with Gasteiger partial charge in [0.15, 0.2) is 0 Å². The summed E-state index contributed by atoms with van der Waals surface area (Å²) in [5.74, 6) is 0.0496. The number of nitrogens with zero attached hydrogens (tertiary/aromatic N) is 2. The standard InChI is InChI=1S/C21H18N4O/c26-21(19-12-15-4-1-2-5-17(15)24-19)25-10-7-14(8-11-25)16-13-23-18-6-3-9-22-20(16)18/h1-7,9,12-13,23-24H,8,10-11H2. The molecular weight excluding hydrogens is 324 g/mol. The lowest BCUT2D eigenvalue weighted by atomic mass is 10.0. The summed E-state index contributed by atoms with van der Waals surface area (Å²) in [6.07, 6.45) is 6.80. The molecule has 0 spiro atoms. The normalized spacial score (nSPS) is 14.8. The Balaban J connectivity index is 1.39. The van der Waals surface area contributed by atoms with E-state index in [-0.39, 0.29) is 5.91 Å². The lowest BCUT2D eigenvalue weighted by Crippen LogP contribution is -2.34. The number of carbonyl (C=O) groups excluding carboxylic acids is 1. The van der Waals surface area contributed by atoms with Crippen molar-refractivity contribution in [2.45, 2.75) is 6.42 Å². The van der Waals surface area contributed by atoms with E-state index in [1.807, 2.05) is 59.8 Å². The molecule has 1 amide bonds. The molecular formula is C21H18N4O. The minimum atomic E-state index is 0.0496. The minimum absolute atomic E-state index is 0.0496. The predicted octanol–water partition coefficient (Wildman–Crippen LogP) is 3.97. The van der Waals surface area contributed by atoms with Crippen LogP contribution in [0.3, 0.4) is 0 Å². The number of hydrogen-bond donors (Lipinski definition) is 2. The van der Waals surface area contributed by atoms with E-state index in [9.17, 15) is 4.79 Å². The number of aromatic amines is 2. The highest BCUT2D eigenvalue weighted by Crippen LogP contribution is 2.28. The smallest absolute Gasteiger partial charge is 0.270 e. The number of carbonyl (C=O) groups is 1. The van der Waals surface area contributed by atoms with Crippen LogP contribution in [-0.2, 0) is 0 Å². The summed E-state index contributed by atoms with van der Waals surface area (Å²) in [5, 5.41) is 1.06. The third-order valence-electron chi connectivity index (χ3n) is 5.04. The molecule has 0 bridgehead atoms. The molecule has 5 heteroatoms. The van der Waals surface area contributed by atoms with Gasteiger partial charge in [0.1, 0.15) is 5.69 Å². The maximum Gasteiger partial charge on any atom is 0.270 e. The van der Waals surface area contributed by atoms with Gasteiger partial charge in [-0.25, -0.2) is 0 Å². The van der Waals surface area contributed by atoms with Crippen molar-refractivity contribution in [3.8, 4) is 0 Å². The van der Waals surface area contributed by atoms with E-state index in [4.69, 9.17) is 0 Å². The van der Waals surface area contributed by atoms with Crippen LogP contribution in [0.2, 0.25) is 0 Å². The van der Waals surface area contributed by atoms with Gasteiger partial charge in [-0.15, -0.1) is 0 Å². The van der Waals surface area contributed by atoms with E-state index in [0.29, 0.717) is 18.8 Å². The Bertz CT molecular complexity index is 1120. The summed E-state index contributed by atoms with van der Waals surface area (Å²) in [7, 11) is 0. The number of para-hydroxylation sites is 1. The highest BCUT2D eigenvalue weighted by molar-refractivity contribution is 5.98. The highest BCUT2D eigenvalue weighted by Gasteiger charge is 2.22. The summed E-state index contributed by atoms with van der Waals surface area (Å²) >= 11 is 0. The maximum atomic E-state index is 12.8. The second-order valence-corrected chi connectivity index (χ2v) is 6.60. The van der Waals surface area contributed by atoms with Crippen molar-refractivity contribution >= 4 is 33.4 Å². The summed E-state index contributed by atoms with van der Waals surface area (Å²) in [5.41, 5.74) is 6.06. The first-order valence-corrected chi connectivity index (χ1v) is 8.78. The molecule has 4 heterocycles. The summed E-state index contributed by atoms with van der Waals surface area (Å²) in [6, 6.07) is 13.8. The molecule has 1 aliphatic heterocycles. The first-order valence-electron chi connectivity index (χ1n) is 8.78. The molecule has 5 nitrogen and oxygen atoms in total. The molecule has 0 unspecified atom stereocenters. The quantitative estimate of drug-likeness (QED) is 0.579. The van der Waals surface area contributed by atoms with Crippen molar-refractivity contribution in [1.82, 2.24) is 19.9 Å². The van der Waals surface area contributed by atoms with Gasteiger partial charge in [0.05, 0.1) is 11.0 Å². The molecule has 1 aromatic carbocycles. The molecule has 5 rings (SSSR count). The van der Waals surface area contributed by atoms with Crippen LogP contribution in [0.15, 0.2) is 60.9 Å². The summed E-state index contributed by atoms with van der Waals surface area (Å²) in [6.45, 7) is 1.32. The van der Waals surface area contributed by atoms with Gasteiger partial charge in [0.2, 0.25) is 0 Å². The highest BCUT2D eigenvalue weighted by atomic mass is 16.2. The molecule has 2 N–H and O–H groups in total. The third-order valence-corrected chi connectivity index (χ3v) is 5.04. The third kappa shape index (κ3) is 2.40. The number of benzene rings is 1. The van der Waals surface area contributed by atoms with E-state index in [1.54, 1.807) is 0 Å². The van der Waals surface area contributed by atoms with Gasteiger partial charge in [0, 0.05) is 41.9 Å². The van der Waals surface area contributed by atoms with Crippen LogP contribution in [0.1, 0.15) is 22.5 Å². The number of hydrogen-bond acceptors (Lipinski definition) is 2. The Labute approximate surface area is 150 Å². The number of aromatic nitrogens is 3. The van der Waals surface area contributed by atoms with Crippen LogP contribution < -0.4 is 0 Å². The second kappa shape index (κ2) is 5.88. The average molecular weight is 342 g/mol. The molecule has 0 saturated carbocycles. The van der Waals surface area contributed by atoms with Gasteiger partial charge in [-0.05, 0) is 36.3 Å². The zero-order valence-corrected chi connectivity index (χ0v) is 14.2. The van der Waals surface area contributed by atoms with Crippen LogP contribution in [0.4, 0.5) is 0 Å². The van der Waals surface area contributed by atoms with Crippen molar-refractivity contribution in [3.05, 3.63) is 72.2 Å². The van der Waals surface area contributed by atoms with Crippen LogP contribution >= 0.6 is 0 Å². The zero-order chi connectivity index (χ0) is 17.5. The summed E-state index contributed by atoms with van der Waals surface area (Å²) in [4.78, 5) is 25.7. The largest absolute Gasteiger partial charge is 0.359 e. The number of H-pyrrole nitrogens is 2. The van der Waals surface area contributed by atoms with Gasteiger partial charge in [-0.1, -0.05) is 24.3 Å². The molecule has 4 aromatic rings. The molecule has 26 heavy (non-hydrogen) atoms. The van der Waals surface area contributed by atoms with Gasteiger partial charge in [-0.2, -0.15) is 0 Å². The van der Waals surface area contributed by atoms with Crippen molar-refractivity contribution < 1.29 is 4.79 Å². The number of amides is 1. The Morgan fingerprint density at radius 2 is 2.00 bits per heavy atom. The fraction of sp³-hybridized carbons (Fsp3) is 0.143. The molecule has 0 saturated heterocycles. The number of fused-ring (bicyclic) bond motifs is 2. The predicted molar refractivity (Wildman–Crippen MR) is 103 cm³/mol. The van der Waals surface area contributed by atoms with Crippen molar-refractivity contribution in [2.24, 2.45) is 0 Å². The van der Waals surface area contributed by atoms with Gasteiger partial charge < -0.3 is 14.9 Å². The van der Waals surface area contributed by atoms with Crippen LogP contribution in [0, 0.1) is 0 Å². The topological polar surface area (TPSA) is 64.8 Å². The number of pyridine rings is 1. The van der Waals surface area contributed by atoms with E-state index in [2.05, 4.69) is 21.0 Å². The molecule has 128 valence electrons. The van der Waals surface area contributed by atoms with Crippen LogP contribution in [0.5, 0.6) is 0 Å². The van der Waals surface area contributed by atoms with E-state index >= 15 is 0 Å². The lowest BCUT2D eigenvalue weighted by molar-refractivity contribution is 0.0768.